The molecule has 18 heavy (non-hydrogen) atoms. The molecule has 0 aliphatic carbocycles. The molecule has 0 saturated carbocycles. The molecule has 0 amide bonds. The maximum Gasteiger partial charge on any atom is 0.174 e. The molecule has 1 aromatic heterocycles. The number of aryl methyl sites for hydroxylation is 1. The van der Waals surface area contributed by atoms with E-state index in [1.165, 1.54) is 5.75 Å². The first-order chi connectivity index (χ1) is 8.74. The molecular formula is C12H18N4OS. The zero-order valence-electron chi connectivity index (χ0n) is 10.5. The Morgan fingerprint density at radius 2 is 2.33 bits per heavy atom. The van der Waals surface area contributed by atoms with Crippen LogP contribution >= 0.6 is 11.8 Å². The van der Waals surface area contributed by atoms with E-state index in [0.29, 0.717) is 0 Å². The summed E-state index contributed by atoms with van der Waals surface area (Å²) in [6.07, 6.45) is 2.91. The molecule has 1 aliphatic heterocycles. The van der Waals surface area contributed by atoms with Crippen LogP contribution in [0, 0.1) is 6.92 Å². The van der Waals surface area contributed by atoms with E-state index >= 15 is 0 Å². The molecule has 6 heteroatoms. The predicted molar refractivity (Wildman–Crippen MR) is 75.6 cm³/mol. The Kier molecular flexibility index (Phi) is 4.30. The first-order valence-corrected chi connectivity index (χ1v) is 7.15. The second-order valence-electron chi connectivity index (χ2n) is 4.26. The maximum absolute atomic E-state index is 8.90. The lowest BCUT2D eigenvalue weighted by molar-refractivity contribution is 0.318. The molecule has 5 nitrogen and oxygen atoms in total. The van der Waals surface area contributed by atoms with Crippen molar-refractivity contribution < 1.29 is 5.21 Å². The fourth-order valence-electron chi connectivity index (χ4n) is 2.11. The molecule has 0 unspecified atom stereocenters. The average Bonchev–Trinajstić information content (AvgIpc) is 2.66. The van der Waals surface area contributed by atoms with Gasteiger partial charge in [0.15, 0.2) is 5.84 Å². The summed E-state index contributed by atoms with van der Waals surface area (Å²) in [6, 6.07) is 1.88. The Labute approximate surface area is 111 Å². The van der Waals surface area contributed by atoms with Crippen molar-refractivity contribution in [3.8, 4) is 0 Å². The minimum atomic E-state index is 0.132. The molecule has 1 aliphatic rings. The Balaban J connectivity index is 2.39. The predicted octanol–water partition coefficient (Wildman–Crippen LogP) is 1.43. The van der Waals surface area contributed by atoms with Crippen molar-refractivity contribution in [2.45, 2.75) is 13.3 Å². The van der Waals surface area contributed by atoms with Crippen molar-refractivity contribution >= 4 is 23.4 Å². The monoisotopic (exact) mass is 266 g/mol. The standard InChI is InChI=1S/C12H18N4OS/c1-9-3-4-14-12(10(9)11(13)15-17)16-5-2-7-18-8-6-16/h3-4,17H,2,5-8H2,1H3,(H2,13,15). The summed E-state index contributed by atoms with van der Waals surface area (Å²) in [5.41, 5.74) is 7.49. The number of pyridine rings is 1. The molecule has 0 bridgehead atoms. The summed E-state index contributed by atoms with van der Waals surface area (Å²) >= 11 is 1.96. The molecular weight excluding hydrogens is 248 g/mol. The number of hydrogen-bond donors (Lipinski definition) is 2. The molecule has 0 aromatic carbocycles. The molecule has 98 valence electrons. The van der Waals surface area contributed by atoms with Crippen LogP contribution in [-0.4, -0.2) is 40.6 Å². The van der Waals surface area contributed by atoms with Gasteiger partial charge in [-0.1, -0.05) is 5.16 Å². The smallest absolute Gasteiger partial charge is 0.174 e. The third kappa shape index (κ3) is 2.69. The van der Waals surface area contributed by atoms with Gasteiger partial charge in [0.25, 0.3) is 0 Å². The molecule has 1 fully saturated rings. The lowest BCUT2D eigenvalue weighted by atomic mass is 10.1. The van der Waals surface area contributed by atoms with Crippen LogP contribution < -0.4 is 10.6 Å². The van der Waals surface area contributed by atoms with Crippen LogP contribution in [0.3, 0.4) is 0 Å². The van der Waals surface area contributed by atoms with Crippen LogP contribution in [0.5, 0.6) is 0 Å². The van der Waals surface area contributed by atoms with E-state index in [9.17, 15) is 0 Å². The quantitative estimate of drug-likeness (QED) is 0.366. The van der Waals surface area contributed by atoms with E-state index in [1.54, 1.807) is 6.20 Å². The average molecular weight is 266 g/mol. The zero-order valence-corrected chi connectivity index (χ0v) is 11.3. The number of aromatic nitrogens is 1. The Morgan fingerprint density at radius 1 is 1.50 bits per heavy atom. The van der Waals surface area contributed by atoms with Gasteiger partial charge in [-0.25, -0.2) is 4.98 Å². The van der Waals surface area contributed by atoms with E-state index in [-0.39, 0.29) is 5.84 Å². The summed E-state index contributed by atoms with van der Waals surface area (Å²) in [7, 11) is 0. The summed E-state index contributed by atoms with van der Waals surface area (Å²) in [5, 5.41) is 12.0. The summed E-state index contributed by atoms with van der Waals surface area (Å²) in [5.74, 6) is 3.23. The molecule has 2 heterocycles. The van der Waals surface area contributed by atoms with Gasteiger partial charge in [0.05, 0.1) is 5.56 Å². The van der Waals surface area contributed by atoms with E-state index < -0.39 is 0 Å². The zero-order chi connectivity index (χ0) is 13.0. The van der Waals surface area contributed by atoms with E-state index in [1.807, 2.05) is 24.8 Å². The van der Waals surface area contributed by atoms with Crippen LogP contribution in [0.1, 0.15) is 17.5 Å². The molecule has 0 radical (unpaired) electrons. The highest BCUT2D eigenvalue weighted by atomic mass is 32.2. The van der Waals surface area contributed by atoms with Crippen LogP contribution in [0.2, 0.25) is 0 Å². The van der Waals surface area contributed by atoms with E-state index in [2.05, 4.69) is 15.0 Å². The van der Waals surface area contributed by atoms with E-state index in [4.69, 9.17) is 10.9 Å². The topological polar surface area (TPSA) is 74.7 Å². The largest absolute Gasteiger partial charge is 0.409 e. The maximum atomic E-state index is 8.90. The van der Waals surface area contributed by atoms with Gasteiger partial charge in [-0.05, 0) is 30.7 Å². The van der Waals surface area contributed by atoms with Crippen molar-refractivity contribution in [3.05, 3.63) is 23.4 Å². The number of anilines is 1. The summed E-state index contributed by atoms with van der Waals surface area (Å²) in [4.78, 5) is 6.64. The number of thioether (sulfide) groups is 1. The van der Waals surface area contributed by atoms with Gasteiger partial charge in [0.1, 0.15) is 5.82 Å². The SMILES string of the molecule is Cc1ccnc(N2CCCSCC2)c1/C(N)=N/O. The molecule has 3 N–H and O–H groups in total. The van der Waals surface area contributed by atoms with Crippen molar-refractivity contribution in [2.24, 2.45) is 10.9 Å². The first kappa shape index (κ1) is 13.0. The number of nitrogens with zero attached hydrogens (tertiary/aromatic N) is 3. The van der Waals surface area contributed by atoms with Crippen molar-refractivity contribution in [1.29, 1.82) is 0 Å². The van der Waals surface area contributed by atoms with E-state index in [0.717, 1.165) is 42.2 Å². The van der Waals surface area contributed by atoms with Gasteiger partial charge < -0.3 is 15.8 Å². The Bertz CT molecular complexity index is 442. The molecule has 1 aromatic rings. The van der Waals surface area contributed by atoms with Gasteiger partial charge in [-0.3, -0.25) is 0 Å². The number of nitrogens with two attached hydrogens (primary N) is 1. The number of hydrogen-bond acceptors (Lipinski definition) is 5. The van der Waals surface area contributed by atoms with Crippen molar-refractivity contribution in [1.82, 2.24) is 4.98 Å². The highest BCUT2D eigenvalue weighted by molar-refractivity contribution is 7.99. The number of oxime groups is 1. The third-order valence-corrected chi connectivity index (χ3v) is 4.07. The minimum absolute atomic E-state index is 0.132. The van der Waals surface area contributed by atoms with Crippen LogP contribution in [0.25, 0.3) is 0 Å². The fourth-order valence-corrected chi connectivity index (χ4v) is 2.99. The third-order valence-electron chi connectivity index (χ3n) is 3.02. The number of rotatable bonds is 2. The molecule has 0 spiro atoms. The molecule has 2 rings (SSSR count). The van der Waals surface area contributed by atoms with Gasteiger partial charge in [-0.2, -0.15) is 11.8 Å². The fraction of sp³-hybridized carbons (Fsp3) is 0.500. The number of amidine groups is 1. The Hall–Kier alpha value is -1.43. The van der Waals surface area contributed by atoms with Gasteiger partial charge in [0, 0.05) is 25.0 Å². The molecule has 0 atom stereocenters. The normalized spacial score (nSPS) is 17.6. The first-order valence-electron chi connectivity index (χ1n) is 6.00. The second-order valence-corrected chi connectivity index (χ2v) is 5.49. The lowest BCUT2D eigenvalue weighted by Crippen LogP contribution is -2.30. The van der Waals surface area contributed by atoms with Gasteiger partial charge >= 0.3 is 0 Å². The molecule has 1 saturated heterocycles. The Morgan fingerprint density at radius 3 is 3.11 bits per heavy atom. The second kappa shape index (κ2) is 5.95. The van der Waals surface area contributed by atoms with Crippen LogP contribution in [-0.2, 0) is 0 Å². The van der Waals surface area contributed by atoms with Crippen LogP contribution in [0.4, 0.5) is 5.82 Å². The minimum Gasteiger partial charge on any atom is -0.409 e. The lowest BCUT2D eigenvalue weighted by Gasteiger charge is -2.24. The van der Waals surface area contributed by atoms with Crippen molar-refractivity contribution in [3.63, 3.8) is 0 Å². The highest BCUT2D eigenvalue weighted by Gasteiger charge is 2.18. The van der Waals surface area contributed by atoms with Gasteiger partial charge in [-0.15, -0.1) is 0 Å². The highest BCUT2D eigenvalue weighted by Crippen LogP contribution is 2.23. The van der Waals surface area contributed by atoms with Gasteiger partial charge in [0.2, 0.25) is 0 Å². The summed E-state index contributed by atoms with van der Waals surface area (Å²) in [6.45, 7) is 3.87. The summed E-state index contributed by atoms with van der Waals surface area (Å²) < 4.78 is 0. The van der Waals surface area contributed by atoms with Crippen LogP contribution in [0.15, 0.2) is 17.4 Å². The van der Waals surface area contributed by atoms with Crippen molar-refractivity contribution in [2.75, 3.05) is 29.5 Å².